The van der Waals surface area contributed by atoms with Crippen LogP contribution in [0, 0.1) is 5.41 Å². The Labute approximate surface area is 105 Å². The number of hydrogen-bond donors (Lipinski definition) is 1. The van der Waals surface area contributed by atoms with Gasteiger partial charge < -0.3 is 10.0 Å². The van der Waals surface area contributed by atoms with E-state index in [9.17, 15) is 9.59 Å². The molecule has 2 rings (SSSR count). The van der Waals surface area contributed by atoms with Crippen LogP contribution in [0.5, 0.6) is 0 Å². The smallest absolute Gasteiger partial charge is 0.311 e. The molecular weight excluding hydrogens is 234 g/mol. The second-order valence-electron chi connectivity index (χ2n) is 4.93. The molecule has 1 atom stereocenters. The second kappa shape index (κ2) is 4.44. The highest BCUT2D eigenvalue weighted by Crippen LogP contribution is 2.30. The van der Waals surface area contributed by atoms with Crippen molar-refractivity contribution in [1.29, 1.82) is 0 Å². The van der Waals surface area contributed by atoms with Gasteiger partial charge in [0.05, 0.1) is 17.2 Å². The summed E-state index contributed by atoms with van der Waals surface area (Å²) in [6, 6.07) is 0. The van der Waals surface area contributed by atoms with Crippen molar-refractivity contribution >= 4 is 11.9 Å². The molecule has 0 aliphatic carbocycles. The van der Waals surface area contributed by atoms with Gasteiger partial charge in [0, 0.05) is 25.8 Å². The Bertz CT molecular complexity index is 483. The number of carboxylic acids is 1. The minimum absolute atomic E-state index is 0.139. The lowest BCUT2D eigenvalue weighted by atomic mass is 9.90. The molecule has 1 aromatic rings. The van der Waals surface area contributed by atoms with Gasteiger partial charge in [-0.2, -0.15) is 5.10 Å². The van der Waals surface area contributed by atoms with Crippen LogP contribution >= 0.6 is 0 Å². The Morgan fingerprint density at radius 3 is 2.78 bits per heavy atom. The quantitative estimate of drug-likeness (QED) is 0.863. The molecule has 1 amide bonds. The van der Waals surface area contributed by atoms with Crippen LogP contribution < -0.4 is 0 Å². The molecule has 1 aliphatic heterocycles. The number of carboxylic acid groups (broad SMARTS) is 1. The maximum atomic E-state index is 12.2. The fraction of sp³-hybridized carbons (Fsp3) is 0.583. The van der Waals surface area contributed by atoms with Gasteiger partial charge in [0.25, 0.3) is 5.91 Å². The largest absolute Gasteiger partial charge is 0.481 e. The van der Waals surface area contributed by atoms with Crippen molar-refractivity contribution in [1.82, 2.24) is 14.7 Å². The molecule has 0 aromatic carbocycles. The lowest BCUT2D eigenvalue weighted by Gasteiger charge is -2.19. The number of carbonyl (C=O) groups excluding carboxylic acids is 1. The van der Waals surface area contributed by atoms with Crippen LogP contribution in [0.4, 0.5) is 0 Å². The van der Waals surface area contributed by atoms with Crippen molar-refractivity contribution in [3.8, 4) is 0 Å². The van der Waals surface area contributed by atoms with Gasteiger partial charge in [0.15, 0.2) is 0 Å². The fourth-order valence-corrected chi connectivity index (χ4v) is 2.14. The summed E-state index contributed by atoms with van der Waals surface area (Å²) >= 11 is 0. The molecule has 1 saturated heterocycles. The number of aryl methyl sites for hydroxylation is 1. The van der Waals surface area contributed by atoms with Crippen LogP contribution in [0.1, 0.15) is 30.6 Å². The van der Waals surface area contributed by atoms with E-state index in [1.807, 2.05) is 6.92 Å². The van der Waals surface area contributed by atoms with E-state index >= 15 is 0 Å². The van der Waals surface area contributed by atoms with Crippen LogP contribution in [0.3, 0.4) is 0 Å². The molecule has 6 heteroatoms. The van der Waals surface area contributed by atoms with E-state index in [2.05, 4.69) is 5.10 Å². The van der Waals surface area contributed by atoms with Gasteiger partial charge in [-0.3, -0.25) is 14.3 Å². The lowest BCUT2D eigenvalue weighted by molar-refractivity contribution is -0.147. The van der Waals surface area contributed by atoms with E-state index in [0.29, 0.717) is 25.1 Å². The number of nitrogens with zero attached hydrogens (tertiary/aromatic N) is 3. The van der Waals surface area contributed by atoms with Gasteiger partial charge in [0.2, 0.25) is 0 Å². The fourth-order valence-electron chi connectivity index (χ4n) is 2.14. The molecule has 1 aliphatic rings. The summed E-state index contributed by atoms with van der Waals surface area (Å²) in [5.74, 6) is -0.985. The number of aromatic nitrogens is 2. The van der Waals surface area contributed by atoms with Gasteiger partial charge >= 0.3 is 5.97 Å². The molecule has 0 radical (unpaired) electrons. The van der Waals surface area contributed by atoms with E-state index in [1.165, 1.54) is 6.20 Å². The number of carbonyl (C=O) groups is 2. The average Bonchev–Trinajstić information content (AvgIpc) is 2.95. The number of hydrogen-bond acceptors (Lipinski definition) is 3. The van der Waals surface area contributed by atoms with Gasteiger partial charge in [-0.1, -0.05) is 0 Å². The lowest BCUT2D eigenvalue weighted by Crippen LogP contribution is -2.34. The number of aliphatic carboxylic acids is 1. The summed E-state index contributed by atoms with van der Waals surface area (Å²) in [7, 11) is 0. The molecule has 98 valence electrons. The molecule has 1 aromatic heterocycles. The maximum Gasteiger partial charge on any atom is 0.311 e. The van der Waals surface area contributed by atoms with Crippen LogP contribution in [0.25, 0.3) is 0 Å². The van der Waals surface area contributed by atoms with Gasteiger partial charge in [-0.05, 0) is 20.3 Å². The van der Waals surface area contributed by atoms with Crippen molar-refractivity contribution in [2.24, 2.45) is 5.41 Å². The van der Waals surface area contributed by atoms with Crippen molar-refractivity contribution in [2.45, 2.75) is 26.8 Å². The normalized spacial score (nSPS) is 23.3. The third-order valence-electron chi connectivity index (χ3n) is 3.48. The SMILES string of the molecule is CCn1cc(C(=O)N2CCC(C)(C(=O)O)C2)cn1. The number of amides is 1. The minimum atomic E-state index is -0.845. The predicted molar refractivity (Wildman–Crippen MR) is 64.2 cm³/mol. The topological polar surface area (TPSA) is 75.4 Å². The summed E-state index contributed by atoms with van der Waals surface area (Å²) in [5.41, 5.74) is -0.303. The Kier molecular flexibility index (Phi) is 3.11. The van der Waals surface area contributed by atoms with E-state index < -0.39 is 11.4 Å². The van der Waals surface area contributed by atoms with E-state index in [4.69, 9.17) is 5.11 Å². The average molecular weight is 251 g/mol. The summed E-state index contributed by atoms with van der Waals surface area (Å²) in [5, 5.41) is 13.2. The second-order valence-corrected chi connectivity index (χ2v) is 4.93. The third-order valence-corrected chi connectivity index (χ3v) is 3.48. The van der Waals surface area contributed by atoms with Gasteiger partial charge in [-0.25, -0.2) is 0 Å². The first-order valence-electron chi connectivity index (χ1n) is 6.01. The predicted octanol–water partition coefficient (Wildman–Crippen LogP) is 0.840. The Morgan fingerprint density at radius 2 is 2.28 bits per heavy atom. The Hall–Kier alpha value is -1.85. The zero-order valence-corrected chi connectivity index (χ0v) is 10.6. The van der Waals surface area contributed by atoms with Crippen molar-refractivity contribution in [3.05, 3.63) is 18.0 Å². The number of rotatable bonds is 3. The molecule has 0 bridgehead atoms. The van der Waals surface area contributed by atoms with Crippen molar-refractivity contribution < 1.29 is 14.7 Å². The summed E-state index contributed by atoms with van der Waals surface area (Å²) in [4.78, 5) is 24.9. The van der Waals surface area contributed by atoms with Gasteiger partial charge in [0.1, 0.15) is 0 Å². The third kappa shape index (κ3) is 2.10. The monoisotopic (exact) mass is 251 g/mol. The maximum absolute atomic E-state index is 12.2. The molecule has 0 spiro atoms. The van der Waals surface area contributed by atoms with E-state index in [-0.39, 0.29) is 12.5 Å². The van der Waals surface area contributed by atoms with Crippen molar-refractivity contribution in [3.63, 3.8) is 0 Å². The highest BCUT2D eigenvalue weighted by Gasteiger charge is 2.42. The number of likely N-dealkylation sites (tertiary alicyclic amines) is 1. The summed E-state index contributed by atoms with van der Waals surface area (Å²) in [6.07, 6.45) is 3.72. The standard InChI is InChI=1S/C12H17N3O3/c1-3-15-7-9(6-13-15)10(16)14-5-4-12(2,8-14)11(17)18/h6-7H,3-5,8H2,1-2H3,(H,17,18). The zero-order valence-electron chi connectivity index (χ0n) is 10.6. The summed E-state index contributed by atoms with van der Waals surface area (Å²) < 4.78 is 1.68. The zero-order chi connectivity index (χ0) is 13.3. The minimum Gasteiger partial charge on any atom is -0.481 e. The molecule has 0 saturated carbocycles. The van der Waals surface area contributed by atoms with Gasteiger partial charge in [-0.15, -0.1) is 0 Å². The summed E-state index contributed by atoms with van der Waals surface area (Å²) in [6.45, 7) is 5.08. The molecule has 1 fully saturated rings. The molecule has 1 unspecified atom stereocenters. The van der Waals surface area contributed by atoms with Crippen LogP contribution in [0.2, 0.25) is 0 Å². The van der Waals surface area contributed by atoms with Crippen molar-refractivity contribution in [2.75, 3.05) is 13.1 Å². The van der Waals surface area contributed by atoms with E-state index in [0.717, 1.165) is 0 Å². The van der Waals surface area contributed by atoms with Crippen LogP contribution in [-0.2, 0) is 11.3 Å². The highest BCUT2D eigenvalue weighted by atomic mass is 16.4. The van der Waals surface area contributed by atoms with E-state index in [1.54, 1.807) is 22.7 Å². The first-order valence-corrected chi connectivity index (χ1v) is 6.01. The molecule has 2 heterocycles. The molecule has 6 nitrogen and oxygen atoms in total. The first kappa shape index (κ1) is 12.6. The highest BCUT2D eigenvalue weighted by molar-refractivity contribution is 5.94. The Balaban J connectivity index is 2.10. The van der Waals surface area contributed by atoms with Crippen LogP contribution in [-0.4, -0.2) is 44.8 Å². The molecular formula is C12H17N3O3. The molecule has 1 N–H and O–H groups in total. The Morgan fingerprint density at radius 1 is 1.56 bits per heavy atom. The molecule has 18 heavy (non-hydrogen) atoms. The first-order chi connectivity index (χ1) is 8.46. The van der Waals surface area contributed by atoms with Crippen LogP contribution in [0.15, 0.2) is 12.4 Å².